The van der Waals surface area contributed by atoms with Crippen molar-refractivity contribution in [3.05, 3.63) is 76.6 Å². The number of hydrazone groups is 1. The van der Waals surface area contributed by atoms with Crippen molar-refractivity contribution in [3.63, 3.8) is 0 Å². The largest absolute Gasteiger partial charge is 0.483 e. The van der Waals surface area contributed by atoms with Crippen molar-refractivity contribution in [3.8, 4) is 5.75 Å². The van der Waals surface area contributed by atoms with Crippen LogP contribution in [0.2, 0.25) is 0 Å². The number of carbonyl (C=O) groups is 2. The number of aromatic nitrogens is 1. The predicted molar refractivity (Wildman–Crippen MR) is 151 cm³/mol. The molecule has 1 amide bonds. The lowest BCUT2D eigenvalue weighted by atomic mass is 9.95. The zero-order valence-corrected chi connectivity index (χ0v) is 22.6. The fourth-order valence-corrected chi connectivity index (χ4v) is 4.90. The molecular formula is C28H31N5O4S. The van der Waals surface area contributed by atoms with E-state index in [0.717, 1.165) is 28.7 Å². The number of hydrogen-bond donors (Lipinski definition) is 3. The maximum Gasteiger partial charge on any atom is 0.338 e. The molecule has 0 fully saturated rings. The highest BCUT2D eigenvalue weighted by molar-refractivity contribution is 7.80. The first-order chi connectivity index (χ1) is 18.3. The van der Waals surface area contributed by atoms with Gasteiger partial charge in [-0.15, -0.1) is 0 Å². The second kappa shape index (κ2) is 11.9. The average Bonchev–Trinajstić information content (AvgIpc) is 3.17. The van der Waals surface area contributed by atoms with Crippen LogP contribution in [0.15, 0.2) is 64.9 Å². The number of thiocarbonyl (C=S) groups is 1. The number of allylic oxidation sites excluding steroid dienone is 1. The third-order valence-electron chi connectivity index (χ3n) is 6.33. The molecule has 3 N–H and O–H groups in total. The van der Waals surface area contributed by atoms with Crippen LogP contribution in [-0.2, 0) is 20.9 Å². The number of para-hydroxylation sites is 2. The lowest BCUT2D eigenvalue weighted by Crippen LogP contribution is -2.45. The van der Waals surface area contributed by atoms with Gasteiger partial charge in [0.1, 0.15) is 5.75 Å². The number of benzene rings is 2. The zero-order valence-electron chi connectivity index (χ0n) is 21.8. The Labute approximate surface area is 226 Å². The van der Waals surface area contributed by atoms with E-state index in [-0.39, 0.29) is 13.2 Å². The van der Waals surface area contributed by atoms with E-state index in [4.69, 9.17) is 21.7 Å². The van der Waals surface area contributed by atoms with Crippen molar-refractivity contribution in [2.75, 3.05) is 13.2 Å². The van der Waals surface area contributed by atoms with E-state index >= 15 is 0 Å². The molecule has 0 bridgehead atoms. The molecule has 2 aromatic carbocycles. The summed E-state index contributed by atoms with van der Waals surface area (Å²) in [7, 11) is 0. The number of nitrogens with one attached hydrogen (secondary N) is 3. The third-order valence-corrected chi connectivity index (χ3v) is 6.55. The minimum Gasteiger partial charge on any atom is -0.483 e. The summed E-state index contributed by atoms with van der Waals surface area (Å²) < 4.78 is 13.3. The Morgan fingerprint density at radius 3 is 2.63 bits per heavy atom. The maximum absolute atomic E-state index is 12.7. The van der Waals surface area contributed by atoms with E-state index in [1.807, 2.05) is 37.3 Å². The van der Waals surface area contributed by atoms with Gasteiger partial charge in [0.05, 0.1) is 24.4 Å². The molecule has 1 aliphatic rings. The molecule has 1 aromatic heterocycles. The highest BCUT2D eigenvalue weighted by Gasteiger charge is 2.32. The summed E-state index contributed by atoms with van der Waals surface area (Å²) in [5, 5.41) is 11.7. The van der Waals surface area contributed by atoms with Gasteiger partial charge in [-0.1, -0.05) is 36.4 Å². The summed E-state index contributed by atoms with van der Waals surface area (Å²) in [5.41, 5.74) is 7.34. The summed E-state index contributed by atoms with van der Waals surface area (Å²) in [6.07, 6.45) is 1.66. The first-order valence-electron chi connectivity index (χ1n) is 12.4. The number of ether oxygens (including phenoxy) is 2. The molecule has 0 spiro atoms. The van der Waals surface area contributed by atoms with Crippen LogP contribution < -0.4 is 20.8 Å². The second-order valence-corrected chi connectivity index (χ2v) is 9.08. The van der Waals surface area contributed by atoms with Gasteiger partial charge in [0.15, 0.2) is 11.7 Å². The van der Waals surface area contributed by atoms with Crippen LogP contribution in [0.3, 0.4) is 0 Å². The number of fused-ring (bicyclic) bond motifs is 1. The van der Waals surface area contributed by atoms with Gasteiger partial charge in [0.2, 0.25) is 0 Å². The first kappa shape index (κ1) is 26.9. The number of rotatable bonds is 9. The van der Waals surface area contributed by atoms with E-state index < -0.39 is 17.9 Å². The molecular weight excluding hydrogens is 502 g/mol. The van der Waals surface area contributed by atoms with Crippen LogP contribution in [0.25, 0.3) is 10.9 Å². The van der Waals surface area contributed by atoms with Crippen molar-refractivity contribution in [1.82, 2.24) is 20.6 Å². The highest BCUT2D eigenvalue weighted by atomic mass is 32.1. The summed E-state index contributed by atoms with van der Waals surface area (Å²) in [6, 6.07) is 14.7. The second-order valence-electron chi connectivity index (χ2n) is 8.67. The summed E-state index contributed by atoms with van der Waals surface area (Å²) >= 11 is 5.32. The molecule has 0 saturated carbocycles. The van der Waals surface area contributed by atoms with Crippen LogP contribution in [0.5, 0.6) is 5.75 Å². The van der Waals surface area contributed by atoms with E-state index in [0.29, 0.717) is 27.7 Å². The summed E-state index contributed by atoms with van der Waals surface area (Å²) in [5.74, 6) is -0.441. The van der Waals surface area contributed by atoms with Gasteiger partial charge in [0.25, 0.3) is 5.91 Å². The molecule has 0 unspecified atom stereocenters. The topological polar surface area (TPSA) is 106 Å². The van der Waals surface area contributed by atoms with Crippen LogP contribution in [-0.4, -0.2) is 41.0 Å². The maximum atomic E-state index is 12.7. The van der Waals surface area contributed by atoms with E-state index in [1.165, 1.54) is 0 Å². The molecule has 0 saturated heterocycles. The van der Waals surface area contributed by atoms with Crippen molar-refractivity contribution < 1.29 is 19.1 Å². The normalized spacial score (nSPS) is 15.4. The van der Waals surface area contributed by atoms with Gasteiger partial charge >= 0.3 is 5.97 Å². The van der Waals surface area contributed by atoms with Gasteiger partial charge < -0.3 is 24.7 Å². The molecule has 198 valence electrons. The fourth-order valence-electron chi connectivity index (χ4n) is 4.63. The molecule has 4 rings (SSSR count). The number of nitrogens with zero attached hydrogens (tertiary/aromatic N) is 2. The Bertz CT molecular complexity index is 1440. The van der Waals surface area contributed by atoms with Crippen LogP contribution >= 0.6 is 12.2 Å². The van der Waals surface area contributed by atoms with Gasteiger partial charge in [-0.05, 0) is 52.0 Å². The number of carbonyl (C=O) groups excluding carboxylic acids is 2. The SMILES string of the molecule is CCOC(=O)C1=C(C)NC(=S)N[C@H]1c1ccccc1OCC(=O)NN=Cc1c(C)n(CC)c2ccccc12. The first-order valence-corrected chi connectivity index (χ1v) is 12.8. The lowest BCUT2D eigenvalue weighted by Gasteiger charge is -2.30. The van der Waals surface area contributed by atoms with E-state index in [1.54, 1.807) is 32.2 Å². The quantitative estimate of drug-likeness (QED) is 0.166. The number of esters is 1. The molecule has 1 aliphatic heterocycles. The molecule has 3 aromatic rings. The van der Waals surface area contributed by atoms with Gasteiger partial charge in [-0.25, -0.2) is 10.2 Å². The molecule has 2 heterocycles. The van der Waals surface area contributed by atoms with Crippen molar-refractivity contribution in [2.45, 2.75) is 40.3 Å². The Morgan fingerprint density at radius 2 is 1.87 bits per heavy atom. The Hall–Kier alpha value is -4.18. The van der Waals surface area contributed by atoms with Crippen molar-refractivity contribution >= 4 is 46.3 Å². The fraction of sp³-hybridized carbons (Fsp3) is 0.286. The minimum absolute atomic E-state index is 0.240. The Morgan fingerprint density at radius 1 is 1.13 bits per heavy atom. The number of hydrogen-bond acceptors (Lipinski definition) is 6. The predicted octanol–water partition coefficient (Wildman–Crippen LogP) is 3.85. The van der Waals surface area contributed by atoms with E-state index in [2.05, 4.69) is 38.7 Å². The zero-order chi connectivity index (χ0) is 27.2. The van der Waals surface area contributed by atoms with Crippen LogP contribution in [0.4, 0.5) is 0 Å². The molecule has 1 atom stereocenters. The molecule has 0 radical (unpaired) electrons. The smallest absolute Gasteiger partial charge is 0.338 e. The Balaban J connectivity index is 1.48. The lowest BCUT2D eigenvalue weighted by molar-refractivity contribution is -0.139. The summed E-state index contributed by atoms with van der Waals surface area (Å²) in [6.45, 7) is 8.45. The highest BCUT2D eigenvalue weighted by Crippen LogP contribution is 2.33. The minimum atomic E-state index is -0.598. The summed E-state index contributed by atoms with van der Waals surface area (Å²) in [4.78, 5) is 25.3. The molecule has 0 aliphatic carbocycles. The van der Waals surface area contributed by atoms with Gasteiger partial charge in [-0.3, -0.25) is 4.79 Å². The van der Waals surface area contributed by atoms with Crippen LogP contribution in [0, 0.1) is 6.92 Å². The van der Waals surface area contributed by atoms with Crippen molar-refractivity contribution in [1.29, 1.82) is 0 Å². The van der Waals surface area contributed by atoms with Gasteiger partial charge in [-0.2, -0.15) is 5.10 Å². The number of aryl methyl sites for hydroxylation is 1. The number of amides is 1. The molecule has 9 nitrogen and oxygen atoms in total. The standard InChI is InChI=1S/C28H31N5O4S/c1-5-33-18(4)21(19-11-7-9-13-22(19)33)15-29-32-24(34)16-37-23-14-10-8-12-20(23)26-25(27(35)36-6-2)17(3)30-28(38)31-26/h7-15,26H,5-6,16H2,1-4H3,(H,32,34)(H2,30,31,38)/t26-/m0/s1. The average molecular weight is 534 g/mol. The van der Waals surface area contributed by atoms with Crippen LogP contribution in [0.1, 0.15) is 43.6 Å². The van der Waals surface area contributed by atoms with Crippen molar-refractivity contribution in [2.24, 2.45) is 5.10 Å². The monoisotopic (exact) mass is 533 g/mol. The molecule has 10 heteroatoms. The third kappa shape index (κ3) is 5.55. The molecule has 38 heavy (non-hydrogen) atoms. The Kier molecular flexibility index (Phi) is 8.42. The van der Waals surface area contributed by atoms with Gasteiger partial charge in [0, 0.05) is 40.0 Å². The van der Waals surface area contributed by atoms with E-state index in [9.17, 15) is 9.59 Å².